The molecule has 2 aliphatic rings. The van der Waals surface area contributed by atoms with Gasteiger partial charge in [-0.3, -0.25) is 4.79 Å². The van der Waals surface area contributed by atoms with Crippen molar-refractivity contribution < 1.29 is 23.5 Å². The number of carbonyl (C=O) groups is 2. The third-order valence-corrected chi connectivity index (χ3v) is 6.54. The topological polar surface area (TPSA) is 79.9 Å². The fraction of sp³-hybridized carbons (Fsp3) is 0.440. The molecule has 1 heterocycles. The van der Waals surface area contributed by atoms with Crippen LogP contribution in [0.4, 0.5) is 14.9 Å². The summed E-state index contributed by atoms with van der Waals surface area (Å²) in [5.74, 6) is 0.839. The van der Waals surface area contributed by atoms with E-state index in [1.165, 1.54) is 12.1 Å². The molecule has 1 atom stereocenters. The number of ether oxygens (including phenoxy) is 2. The Bertz CT molecular complexity index is 1020. The lowest BCUT2D eigenvalue weighted by molar-refractivity contribution is -0.125. The van der Waals surface area contributed by atoms with E-state index in [0.717, 1.165) is 36.8 Å². The van der Waals surface area contributed by atoms with Gasteiger partial charge in [-0.15, -0.1) is 0 Å². The van der Waals surface area contributed by atoms with Crippen LogP contribution >= 0.6 is 0 Å². The smallest absolute Gasteiger partial charge is 0.322 e. The predicted octanol–water partition coefficient (Wildman–Crippen LogP) is 4.28. The van der Waals surface area contributed by atoms with Crippen LogP contribution in [-0.4, -0.2) is 44.1 Å². The van der Waals surface area contributed by atoms with Crippen LogP contribution < -0.4 is 20.1 Å². The Hall–Kier alpha value is -3.29. The van der Waals surface area contributed by atoms with E-state index in [2.05, 4.69) is 10.6 Å². The molecule has 1 unspecified atom stereocenters. The van der Waals surface area contributed by atoms with Gasteiger partial charge in [-0.05, 0) is 60.7 Å². The molecule has 176 valence electrons. The first-order valence-corrected chi connectivity index (χ1v) is 11.4. The summed E-state index contributed by atoms with van der Waals surface area (Å²) >= 11 is 0. The van der Waals surface area contributed by atoms with Gasteiger partial charge < -0.3 is 25.0 Å². The quantitative estimate of drug-likeness (QED) is 0.681. The minimum atomic E-state index is -0.422. The van der Waals surface area contributed by atoms with Crippen LogP contribution in [0.3, 0.4) is 0 Å². The van der Waals surface area contributed by atoms with Gasteiger partial charge in [0.2, 0.25) is 5.91 Å². The van der Waals surface area contributed by atoms with Crippen LogP contribution in [0.2, 0.25) is 0 Å². The number of nitrogens with one attached hydrogen (secondary N) is 2. The fourth-order valence-electron chi connectivity index (χ4n) is 4.78. The van der Waals surface area contributed by atoms with Gasteiger partial charge in [-0.2, -0.15) is 0 Å². The van der Waals surface area contributed by atoms with Crippen molar-refractivity contribution in [3.63, 3.8) is 0 Å². The molecule has 3 amide bonds. The van der Waals surface area contributed by atoms with Gasteiger partial charge >= 0.3 is 6.03 Å². The number of benzene rings is 2. The summed E-state index contributed by atoms with van der Waals surface area (Å²) < 4.78 is 24.5. The highest BCUT2D eigenvalue weighted by Gasteiger charge is 2.33. The Morgan fingerprint density at radius 3 is 2.52 bits per heavy atom. The Balaban J connectivity index is 1.60. The second-order valence-corrected chi connectivity index (χ2v) is 8.53. The number of urea groups is 1. The molecule has 1 aliphatic carbocycles. The van der Waals surface area contributed by atoms with Gasteiger partial charge in [0, 0.05) is 24.7 Å². The second-order valence-electron chi connectivity index (χ2n) is 8.53. The summed E-state index contributed by atoms with van der Waals surface area (Å²) in [7, 11) is 3.16. The molecule has 0 aromatic heterocycles. The minimum Gasteiger partial charge on any atom is -0.493 e. The highest BCUT2D eigenvalue weighted by atomic mass is 19.1. The molecule has 1 saturated carbocycles. The molecular formula is C25H30FN3O4. The molecule has 7 nitrogen and oxygen atoms in total. The highest BCUT2D eigenvalue weighted by molar-refractivity contribution is 5.90. The summed E-state index contributed by atoms with van der Waals surface area (Å²) in [6.45, 7) is 0.738. The van der Waals surface area contributed by atoms with Gasteiger partial charge in [-0.1, -0.05) is 18.9 Å². The first kappa shape index (κ1) is 22.9. The molecule has 0 spiro atoms. The molecule has 1 aliphatic heterocycles. The van der Waals surface area contributed by atoms with Crippen LogP contribution in [0.25, 0.3) is 0 Å². The van der Waals surface area contributed by atoms with E-state index in [0.29, 0.717) is 30.2 Å². The van der Waals surface area contributed by atoms with Crippen molar-refractivity contribution in [3.8, 4) is 11.5 Å². The van der Waals surface area contributed by atoms with Crippen molar-refractivity contribution in [1.29, 1.82) is 0 Å². The lowest BCUT2D eigenvalue weighted by atomic mass is 9.91. The molecular weight excluding hydrogens is 425 g/mol. The summed E-state index contributed by atoms with van der Waals surface area (Å²) in [5.41, 5.74) is 2.33. The number of rotatable bonds is 6. The molecule has 0 saturated heterocycles. The lowest BCUT2D eigenvalue weighted by Crippen LogP contribution is -2.47. The molecule has 2 aromatic carbocycles. The van der Waals surface area contributed by atoms with Crippen LogP contribution in [0, 0.1) is 11.7 Å². The molecule has 0 bridgehead atoms. The summed E-state index contributed by atoms with van der Waals surface area (Å²) in [4.78, 5) is 27.6. The SMILES string of the molecule is COc1cc2c(cc1OC)C(CNC(=O)C1CCCC1)N(C(=O)Nc1cccc(F)c1)CC2. The van der Waals surface area contributed by atoms with Crippen LogP contribution in [-0.2, 0) is 11.2 Å². The number of halogens is 1. The monoisotopic (exact) mass is 455 g/mol. The third-order valence-electron chi connectivity index (χ3n) is 6.54. The van der Waals surface area contributed by atoms with Crippen LogP contribution in [0.1, 0.15) is 42.9 Å². The maximum Gasteiger partial charge on any atom is 0.322 e. The molecule has 1 fully saturated rings. The molecule has 2 N–H and O–H groups in total. The lowest BCUT2D eigenvalue weighted by Gasteiger charge is -2.38. The van der Waals surface area contributed by atoms with Gasteiger partial charge in [0.1, 0.15) is 5.82 Å². The number of anilines is 1. The number of hydrogen-bond acceptors (Lipinski definition) is 4. The van der Waals surface area contributed by atoms with Crippen molar-refractivity contribution in [2.45, 2.75) is 38.1 Å². The second kappa shape index (κ2) is 10.1. The van der Waals surface area contributed by atoms with Crippen molar-refractivity contribution in [3.05, 3.63) is 53.3 Å². The van der Waals surface area contributed by atoms with Gasteiger partial charge in [-0.25, -0.2) is 9.18 Å². The normalized spacial score (nSPS) is 17.9. The van der Waals surface area contributed by atoms with Crippen LogP contribution in [0.5, 0.6) is 11.5 Å². The Labute approximate surface area is 193 Å². The molecule has 33 heavy (non-hydrogen) atoms. The number of amides is 3. The Morgan fingerprint density at radius 2 is 1.82 bits per heavy atom. The number of carbonyl (C=O) groups excluding carboxylic acids is 2. The Morgan fingerprint density at radius 1 is 1.09 bits per heavy atom. The molecule has 0 radical (unpaired) electrons. The number of hydrogen-bond donors (Lipinski definition) is 2. The zero-order valence-corrected chi connectivity index (χ0v) is 19.0. The largest absolute Gasteiger partial charge is 0.493 e. The van der Waals surface area contributed by atoms with E-state index in [1.807, 2.05) is 12.1 Å². The van der Waals surface area contributed by atoms with E-state index in [9.17, 15) is 14.0 Å². The van der Waals surface area contributed by atoms with Gasteiger partial charge in [0.15, 0.2) is 11.5 Å². The predicted molar refractivity (Wildman–Crippen MR) is 123 cm³/mol. The van der Waals surface area contributed by atoms with Crippen molar-refractivity contribution >= 4 is 17.6 Å². The number of nitrogens with zero attached hydrogens (tertiary/aromatic N) is 1. The van der Waals surface area contributed by atoms with Crippen molar-refractivity contribution in [1.82, 2.24) is 10.2 Å². The standard InChI is InChI=1S/C25H30FN3O4/c1-32-22-12-17-10-11-29(25(31)28-19-9-5-8-18(26)13-19)21(20(17)14-23(22)33-2)15-27-24(30)16-6-3-4-7-16/h5,8-9,12-14,16,21H,3-4,6-7,10-11,15H2,1-2H3,(H,27,30)(H,28,31). The van der Waals surface area contributed by atoms with Crippen molar-refractivity contribution in [2.75, 3.05) is 32.6 Å². The first-order valence-electron chi connectivity index (χ1n) is 11.4. The third kappa shape index (κ3) is 5.05. The fourth-order valence-corrected chi connectivity index (χ4v) is 4.78. The van der Waals surface area contributed by atoms with E-state index in [-0.39, 0.29) is 24.4 Å². The van der Waals surface area contributed by atoms with Gasteiger partial charge in [0.25, 0.3) is 0 Å². The Kier molecular flexibility index (Phi) is 7.01. The van der Waals surface area contributed by atoms with E-state index >= 15 is 0 Å². The number of fused-ring (bicyclic) bond motifs is 1. The maximum absolute atomic E-state index is 13.6. The molecule has 2 aromatic rings. The molecule has 4 rings (SSSR count). The summed E-state index contributed by atoms with van der Waals surface area (Å²) in [6.07, 6.45) is 4.58. The maximum atomic E-state index is 13.6. The first-order chi connectivity index (χ1) is 16.0. The average molecular weight is 456 g/mol. The number of methoxy groups -OCH3 is 2. The van der Waals surface area contributed by atoms with E-state index in [1.54, 1.807) is 31.3 Å². The van der Waals surface area contributed by atoms with E-state index in [4.69, 9.17) is 9.47 Å². The zero-order chi connectivity index (χ0) is 23.4. The average Bonchev–Trinajstić information content (AvgIpc) is 3.36. The minimum absolute atomic E-state index is 0.0330. The molecule has 8 heteroatoms. The zero-order valence-electron chi connectivity index (χ0n) is 19.0. The van der Waals surface area contributed by atoms with Crippen molar-refractivity contribution in [2.24, 2.45) is 5.92 Å². The highest BCUT2D eigenvalue weighted by Crippen LogP contribution is 2.38. The van der Waals surface area contributed by atoms with E-state index < -0.39 is 11.9 Å². The summed E-state index contributed by atoms with van der Waals surface area (Å²) in [6, 6.07) is 8.86. The van der Waals surface area contributed by atoms with Crippen LogP contribution in [0.15, 0.2) is 36.4 Å². The van der Waals surface area contributed by atoms with Gasteiger partial charge in [0.05, 0.1) is 20.3 Å². The summed E-state index contributed by atoms with van der Waals surface area (Å²) in [5, 5.41) is 5.85.